The number of aryl methyl sites for hydroxylation is 4. The lowest BCUT2D eigenvalue weighted by atomic mass is 9.65. The van der Waals surface area contributed by atoms with Crippen molar-refractivity contribution in [2.45, 2.75) is 90.9 Å². The molecule has 0 spiro atoms. The van der Waals surface area contributed by atoms with Crippen molar-refractivity contribution in [1.82, 2.24) is 0 Å². The molecule has 1 saturated carbocycles. The van der Waals surface area contributed by atoms with E-state index in [1.54, 1.807) is 28.4 Å². The number of rotatable bonds is 9. The van der Waals surface area contributed by atoms with Crippen LogP contribution in [0, 0.1) is 27.7 Å². The lowest BCUT2D eigenvalue weighted by Gasteiger charge is -2.39. The second-order valence-corrected chi connectivity index (χ2v) is 13.1. The van der Waals surface area contributed by atoms with Crippen LogP contribution < -0.4 is 18.9 Å². The molecule has 5 rings (SSSR count). The molecule has 0 bridgehead atoms. The van der Waals surface area contributed by atoms with E-state index in [2.05, 4.69) is 114 Å². The zero-order chi connectivity index (χ0) is 33.5. The van der Waals surface area contributed by atoms with E-state index < -0.39 is 0 Å². The van der Waals surface area contributed by atoms with Crippen LogP contribution in [0.3, 0.4) is 0 Å². The van der Waals surface area contributed by atoms with Crippen molar-refractivity contribution in [3.8, 4) is 23.0 Å². The summed E-state index contributed by atoms with van der Waals surface area (Å²) in [5.74, 6) is 3.81. The fourth-order valence-corrected chi connectivity index (χ4v) is 7.27. The Balaban J connectivity index is 0.000000210. The van der Waals surface area contributed by atoms with Gasteiger partial charge >= 0.3 is 0 Å². The fourth-order valence-electron chi connectivity index (χ4n) is 7.27. The molecule has 4 nitrogen and oxygen atoms in total. The minimum absolute atomic E-state index is 0.0198. The molecule has 46 heavy (non-hydrogen) atoms. The van der Waals surface area contributed by atoms with Crippen molar-refractivity contribution in [2.75, 3.05) is 28.4 Å². The molecule has 0 amide bonds. The van der Waals surface area contributed by atoms with Gasteiger partial charge in [0.15, 0.2) is 0 Å². The first-order valence-electron chi connectivity index (χ1n) is 16.7. The van der Waals surface area contributed by atoms with Gasteiger partial charge in [-0.2, -0.15) is 0 Å². The molecule has 1 aliphatic rings. The number of benzene rings is 4. The number of hydrogen-bond donors (Lipinski definition) is 0. The molecule has 0 heterocycles. The monoisotopic (exact) mass is 622 g/mol. The van der Waals surface area contributed by atoms with Gasteiger partial charge in [-0.3, -0.25) is 0 Å². The topological polar surface area (TPSA) is 36.9 Å². The summed E-state index contributed by atoms with van der Waals surface area (Å²) in [5.41, 5.74) is 10.3. The normalized spacial score (nSPS) is 14.1. The molecule has 4 aromatic carbocycles. The van der Waals surface area contributed by atoms with Gasteiger partial charge in [0.05, 0.1) is 28.4 Å². The predicted octanol–water partition coefficient (Wildman–Crippen LogP) is 10.6. The first kappa shape index (κ1) is 34.9. The van der Waals surface area contributed by atoms with Crippen LogP contribution in [-0.4, -0.2) is 28.4 Å². The van der Waals surface area contributed by atoms with E-state index in [1.165, 1.54) is 76.6 Å². The predicted molar refractivity (Wildman–Crippen MR) is 192 cm³/mol. The molecule has 0 N–H and O–H groups in total. The maximum absolute atomic E-state index is 5.46. The van der Waals surface area contributed by atoms with E-state index >= 15 is 0 Å². The highest BCUT2D eigenvalue weighted by Gasteiger charge is 2.36. The molecule has 0 unspecified atom stereocenters. The summed E-state index contributed by atoms with van der Waals surface area (Å²) in [6, 6.07) is 26.4. The standard InChI is InChI=1S/C22H28O2.C20H26O2/c1-16-14-18(8-10-20(16)23-3)22(12-6-5-7-13-22)19-9-11-21(24-4)17(2)15-19;1-7-20(4,16-8-10-18(21-5)14(2)12-16)17-9-11-19(22-6)15(3)13-17/h8-11,14-15H,5-7,12-13H2,1-4H3;8-13H,7H2,1-6H3. The summed E-state index contributed by atoms with van der Waals surface area (Å²) in [5, 5.41) is 0. The van der Waals surface area contributed by atoms with Gasteiger partial charge in [0.1, 0.15) is 23.0 Å². The first-order valence-corrected chi connectivity index (χ1v) is 16.7. The third-order valence-electron chi connectivity index (χ3n) is 10.4. The average molecular weight is 623 g/mol. The van der Waals surface area contributed by atoms with Crippen LogP contribution in [0.1, 0.15) is 96.9 Å². The zero-order valence-electron chi connectivity index (χ0n) is 29.8. The van der Waals surface area contributed by atoms with Crippen molar-refractivity contribution < 1.29 is 18.9 Å². The Morgan fingerprint density at radius 3 is 1.17 bits per heavy atom. The van der Waals surface area contributed by atoms with Crippen molar-refractivity contribution in [3.05, 3.63) is 117 Å². The van der Waals surface area contributed by atoms with Crippen LogP contribution in [0.25, 0.3) is 0 Å². The van der Waals surface area contributed by atoms with Gasteiger partial charge in [-0.15, -0.1) is 0 Å². The molecule has 246 valence electrons. The maximum Gasteiger partial charge on any atom is 0.121 e. The first-order chi connectivity index (χ1) is 22.1. The Labute approximate surface area is 278 Å². The Hall–Kier alpha value is -3.92. The molecule has 0 aromatic heterocycles. The largest absolute Gasteiger partial charge is 0.496 e. The van der Waals surface area contributed by atoms with E-state index in [-0.39, 0.29) is 10.8 Å². The third kappa shape index (κ3) is 7.07. The molecule has 0 aliphatic heterocycles. The van der Waals surface area contributed by atoms with Crippen molar-refractivity contribution in [2.24, 2.45) is 0 Å². The molecule has 0 atom stereocenters. The van der Waals surface area contributed by atoms with Crippen molar-refractivity contribution >= 4 is 0 Å². The highest BCUT2D eigenvalue weighted by molar-refractivity contribution is 5.49. The summed E-state index contributed by atoms with van der Waals surface area (Å²) in [7, 11) is 6.91. The molecule has 0 radical (unpaired) electrons. The van der Waals surface area contributed by atoms with Crippen LogP contribution in [0.2, 0.25) is 0 Å². The average Bonchev–Trinajstić information content (AvgIpc) is 3.08. The lowest BCUT2D eigenvalue weighted by Crippen LogP contribution is -2.30. The van der Waals surface area contributed by atoms with Crippen LogP contribution in [0.4, 0.5) is 0 Å². The van der Waals surface area contributed by atoms with Crippen LogP contribution in [0.15, 0.2) is 72.8 Å². The van der Waals surface area contributed by atoms with Gasteiger partial charge in [0, 0.05) is 10.8 Å². The maximum atomic E-state index is 5.46. The van der Waals surface area contributed by atoms with E-state index in [9.17, 15) is 0 Å². The highest BCUT2D eigenvalue weighted by Crippen LogP contribution is 2.46. The van der Waals surface area contributed by atoms with Crippen molar-refractivity contribution in [3.63, 3.8) is 0 Å². The number of methoxy groups -OCH3 is 4. The summed E-state index contributed by atoms with van der Waals surface area (Å²) in [6.45, 7) is 13.0. The van der Waals surface area contributed by atoms with Crippen LogP contribution >= 0.6 is 0 Å². The van der Waals surface area contributed by atoms with Gasteiger partial charge in [-0.1, -0.05) is 81.6 Å². The molecule has 1 fully saturated rings. The Morgan fingerprint density at radius 1 is 0.522 bits per heavy atom. The SMILES string of the molecule is CCC(C)(c1ccc(OC)c(C)c1)c1ccc(OC)c(C)c1.COc1ccc(C2(c3ccc(OC)c(C)c3)CCCCC2)cc1C. The Kier molecular flexibility index (Phi) is 11.5. The molecular formula is C42H54O4. The highest BCUT2D eigenvalue weighted by atomic mass is 16.5. The molecule has 4 heteroatoms. The minimum Gasteiger partial charge on any atom is -0.496 e. The summed E-state index contributed by atoms with van der Waals surface area (Å²) < 4.78 is 21.7. The molecule has 4 aromatic rings. The van der Waals surface area contributed by atoms with Gasteiger partial charge in [-0.25, -0.2) is 0 Å². The molecule has 1 aliphatic carbocycles. The van der Waals surface area contributed by atoms with E-state index in [0.717, 1.165) is 29.4 Å². The molecular weight excluding hydrogens is 568 g/mol. The minimum atomic E-state index is -0.0198. The second kappa shape index (κ2) is 15.1. The smallest absolute Gasteiger partial charge is 0.121 e. The van der Waals surface area contributed by atoms with E-state index in [0.29, 0.717) is 0 Å². The fraction of sp³-hybridized carbons (Fsp3) is 0.429. The van der Waals surface area contributed by atoms with E-state index in [1.807, 2.05) is 0 Å². The van der Waals surface area contributed by atoms with Gasteiger partial charge < -0.3 is 18.9 Å². The Morgan fingerprint density at radius 2 is 0.870 bits per heavy atom. The number of ether oxygens (including phenoxy) is 4. The molecule has 0 saturated heterocycles. The van der Waals surface area contributed by atoms with E-state index in [4.69, 9.17) is 18.9 Å². The van der Waals surface area contributed by atoms with Crippen LogP contribution in [0.5, 0.6) is 23.0 Å². The summed E-state index contributed by atoms with van der Waals surface area (Å²) >= 11 is 0. The lowest BCUT2D eigenvalue weighted by molar-refractivity contribution is 0.344. The van der Waals surface area contributed by atoms with Gasteiger partial charge in [0.25, 0.3) is 0 Å². The third-order valence-corrected chi connectivity index (χ3v) is 10.4. The van der Waals surface area contributed by atoms with Gasteiger partial charge in [0.2, 0.25) is 0 Å². The quantitative estimate of drug-likeness (QED) is 0.186. The zero-order valence-corrected chi connectivity index (χ0v) is 29.8. The van der Waals surface area contributed by atoms with Crippen molar-refractivity contribution in [1.29, 1.82) is 0 Å². The summed E-state index contributed by atoms with van der Waals surface area (Å²) in [4.78, 5) is 0. The Bertz CT molecular complexity index is 1500. The second-order valence-electron chi connectivity index (χ2n) is 13.1. The summed E-state index contributed by atoms with van der Waals surface area (Å²) in [6.07, 6.45) is 7.37. The van der Waals surface area contributed by atoms with Gasteiger partial charge in [-0.05, 0) is 116 Å². The number of hydrogen-bond acceptors (Lipinski definition) is 4. The van der Waals surface area contributed by atoms with Crippen LogP contribution in [-0.2, 0) is 10.8 Å².